The maximum Gasteiger partial charge on any atom is 0.124 e. The van der Waals surface area contributed by atoms with E-state index >= 15 is 0 Å². The van der Waals surface area contributed by atoms with Gasteiger partial charge in [0.05, 0.1) is 12.4 Å². The largest absolute Gasteiger partial charge is 0.357 e. The van der Waals surface area contributed by atoms with Crippen molar-refractivity contribution in [3.05, 3.63) is 18.7 Å². The summed E-state index contributed by atoms with van der Waals surface area (Å²) in [4.78, 5) is 4.04. The number of hydrogen-bond donors (Lipinski definition) is 0. The average Bonchev–Trinajstić information content (AvgIpc) is 2.78. The summed E-state index contributed by atoms with van der Waals surface area (Å²) < 4.78 is 8.09. The molecule has 1 saturated carbocycles. The van der Waals surface area contributed by atoms with E-state index in [0.29, 0.717) is 12.8 Å². The maximum atomic E-state index is 6.09. The van der Waals surface area contributed by atoms with E-state index in [0.717, 1.165) is 17.8 Å². The summed E-state index contributed by atoms with van der Waals surface area (Å²) in [5.74, 6) is 2.24. The van der Waals surface area contributed by atoms with Crippen LogP contribution in [0.15, 0.2) is 18.7 Å². The van der Waals surface area contributed by atoms with Crippen LogP contribution < -0.4 is 0 Å². The van der Waals surface area contributed by atoms with E-state index in [1.807, 2.05) is 17.1 Å². The van der Waals surface area contributed by atoms with Crippen LogP contribution >= 0.6 is 0 Å². The second-order valence-electron chi connectivity index (χ2n) is 5.74. The molecule has 3 nitrogen and oxygen atoms in total. The highest BCUT2D eigenvalue weighted by Crippen LogP contribution is 2.35. The number of rotatable bonds is 4. The Hall–Kier alpha value is -0.830. The van der Waals surface area contributed by atoms with Gasteiger partial charge in [-0.25, -0.2) is 4.98 Å². The molecular formula is C14H24N2O. The molecule has 0 N–H and O–H groups in total. The number of hydrogen-bond acceptors (Lipinski definition) is 2. The zero-order valence-electron chi connectivity index (χ0n) is 11.2. The number of nitrogens with zero attached hydrogens (tertiary/aromatic N) is 2. The SMILES string of the molecule is CC(C)[C@@H]1CC[C@@H](C)C[C@H]1OCn1ccnc1. The van der Waals surface area contributed by atoms with Crippen molar-refractivity contribution < 1.29 is 4.74 Å². The first-order chi connectivity index (χ1) is 8.16. The fourth-order valence-corrected chi connectivity index (χ4v) is 2.85. The van der Waals surface area contributed by atoms with Crippen LogP contribution in [0.3, 0.4) is 0 Å². The molecule has 1 aromatic heterocycles. The monoisotopic (exact) mass is 236 g/mol. The van der Waals surface area contributed by atoms with Gasteiger partial charge in [-0.3, -0.25) is 0 Å². The highest BCUT2D eigenvalue weighted by atomic mass is 16.5. The molecule has 96 valence electrons. The molecule has 17 heavy (non-hydrogen) atoms. The lowest BCUT2D eigenvalue weighted by atomic mass is 9.75. The van der Waals surface area contributed by atoms with Gasteiger partial charge >= 0.3 is 0 Å². The van der Waals surface area contributed by atoms with Crippen molar-refractivity contribution >= 4 is 0 Å². The second kappa shape index (κ2) is 5.67. The first kappa shape index (κ1) is 12.6. The van der Waals surface area contributed by atoms with Gasteiger partial charge in [-0.15, -0.1) is 0 Å². The molecule has 0 saturated heterocycles. The predicted molar refractivity (Wildman–Crippen MR) is 68.4 cm³/mol. The van der Waals surface area contributed by atoms with Crippen molar-refractivity contribution in [3.8, 4) is 0 Å². The topological polar surface area (TPSA) is 27.1 Å². The lowest BCUT2D eigenvalue weighted by Gasteiger charge is -2.37. The lowest BCUT2D eigenvalue weighted by Crippen LogP contribution is -2.34. The van der Waals surface area contributed by atoms with Gasteiger partial charge in [-0.1, -0.05) is 27.2 Å². The molecule has 0 aromatic carbocycles. The first-order valence-electron chi connectivity index (χ1n) is 6.74. The van der Waals surface area contributed by atoms with Gasteiger partial charge < -0.3 is 9.30 Å². The van der Waals surface area contributed by atoms with E-state index in [1.54, 1.807) is 6.20 Å². The third-order valence-electron chi connectivity index (χ3n) is 3.96. The van der Waals surface area contributed by atoms with Crippen LogP contribution in [-0.2, 0) is 11.5 Å². The van der Waals surface area contributed by atoms with E-state index in [1.165, 1.54) is 19.3 Å². The Morgan fingerprint density at radius 3 is 2.88 bits per heavy atom. The Morgan fingerprint density at radius 2 is 2.24 bits per heavy atom. The highest BCUT2D eigenvalue weighted by Gasteiger charge is 2.31. The van der Waals surface area contributed by atoms with Crippen molar-refractivity contribution in [2.24, 2.45) is 17.8 Å². The summed E-state index contributed by atoms with van der Waals surface area (Å²) in [6, 6.07) is 0. The van der Waals surface area contributed by atoms with Crippen molar-refractivity contribution in [2.45, 2.75) is 52.9 Å². The molecule has 0 bridgehead atoms. The molecule has 3 atom stereocenters. The molecule has 0 radical (unpaired) electrons. The first-order valence-corrected chi connectivity index (χ1v) is 6.74. The van der Waals surface area contributed by atoms with Gasteiger partial charge in [0.25, 0.3) is 0 Å². The van der Waals surface area contributed by atoms with E-state index < -0.39 is 0 Å². The van der Waals surface area contributed by atoms with Gasteiger partial charge in [-0.05, 0) is 30.6 Å². The molecule has 3 heteroatoms. The Balaban J connectivity index is 1.90. The normalized spacial score (nSPS) is 29.8. The lowest BCUT2D eigenvalue weighted by molar-refractivity contribution is -0.0678. The number of ether oxygens (including phenoxy) is 1. The van der Waals surface area contributed by atoms with Crippen LogP contribution in [0, 0.1) is 17.8 Å². The van der Waals surface area contributed by atoms with Gasteiger partial charge in [0.15, 0.2) is 0 Å². The smallest absolute Gasteiger partial charge is 0.124 e. The Bertz CT molecular complexity index is 321. The molecule has 0 unspecified atom stereocenters. The Kier molecular flexibility index (Phi) is 4.21. The summed E-state index contributed by atoms with van der Waals surface area (Å²) in [5.41, 5.74) is 0. The third kappa shape index (κ3) is 3.32. The minimum atomic E-state index is 0.418. The number of imidazole rings is 1. The molecule has 1 fully saturated rings. The summed E-state index contributed by atoms with van der Waals surface area (Å²) >= 11 is 0. The van der Waals surface area contributed by atoms with Crippen LogP contribution in [0.5, 0.6) is 0 Å². The predicted octanol–water partition coefficient (Wildman–Crippen LogP) is 3.32. The molecule has 1 heterocycles. The Morgan fingerprint density at radius 1 is 1.41 bits per heavy atom. The van der Waals surface area contributed by atoms with Crippen LogP contribution in [-0.4, -0.2) is 15.7 Å². The van der Waals surface area contributed by atoms with E-state index in [9.17, 15) is 0 Å². The summed E-state index contributed by atoms with van der Waals surface area (Å²) in [6.45, 7) is 7.60. The standard InChI is InChI=1S/C14H24N2O/c1-11(2)13-5-4-12(3)8-14(13)17-10-16-7-6-15-9-16/h6-7,9,11-14H,4-5,8,10H2,1-3H3/t12-,13+,14-/m1/s1. The van der Waals surface area contributed by atoms with Crippen LogP contribution in [0.2, 0.25) is 0 Å². The van der Waals surface area contributed by atoms with E-state index in [4.69, 9.17) is 4.74 Å². The fourth-order valence-electron chi connectivity index (χ4n) is 2.85. The fraction of sp³-hybridized carbons (Fsp3) is 0.786. The zero-order chi connectivity index (χ0) is 12.3. The molecule has 1 aliphatic carbocycles. The molecule has 1 aromatic rings. The minimum Gasteiger partial charge on any atom is -0.357 e. The molecule has 0 amide bonds. The number of aromatic nitrogens is 2. The van der Waals surface area contributed by atoms with Crippen molar-refractivity contribution in [2.75, 3.05) is 0 Å². The van der Waals surface area contributed by atoms with Crippen LogP contribution in [0.25, 0.3) is 0 Å². The molecule has 0 aliphatic heterocycles. The van der Waals surface area contributed by atoms with E-state index in [2.05, 4.69) is 25.8 Å². The highest BCUT2D eigenvalue weighted by molar-refractivity contribution is 4.81. The van der Waals surface area contributed by atoms with E-state index in [-0.39, 0.29) is 0 Å². The summed E-state index contributed by atoms with van der Waals surface area (Å²) in [7, 11) is 0. The Labute approximate surface area is 104 Å². The third-order valence-corrected chi connectivity index (χ3v) is 3.96. The van der Waals surface area contributed by atoms with Gasteiger partial charge in [0, 0.05) is 12.4 Å². The summed E-state index contributed by atoms with van der Waals surface area (Å²) in [6.07, 6.45) is 9.86. The van der Waals surface area contributed by atoms with Crippen LogP contribution in [0.4, 0.5) is 0 Å². The zero-order valence-corrected chi connectivity index (χ0v) is 11.2. The molecular weight excluding hydrogens is 212 g/mol. The van der Waals surface area contributed by atoms with Gasteiger partial charge in [0.1, 0.15) is 6.73 Å². The van der Waals surface area contributed by atoms with Crippen LogP contribution in [0.1, 0.15) is 40.0 Å². The molecule has 1 aliphatic rings. The average molecular weight is 236 g/mol. The molecule has 2 rings (SSSR count). The maximum absolute atomic E-state index is 6.09. The second-order valence-corrected chi connectivity index (χ2v) is 5.74. The summed E-state index contributed by atoms with van der Waals surface area (Å²) in [5, 5.41) is 0. The minimum absolute atomic E-state index is 0.418. The van der Waals surface area contributed by atoms with Crippen molar-refractivity contribution in [1.82, 2.24) is 9.55 Å². The van der Waals surface area contributed by atoms with Crippen molar-refractivity contribution in [1.29, 1.82) is 0 Å². The molecule has 0 spiro atoms. The van der Waals surface area contributed by atoms with Gasteiger partial charge in [0.2, 0.25) is 0 Å². The quantitative estimate of drug-likeness (QED) is 0.802. The van der Waals surface area contributed by atoms with Gasteiger partial charge in [-0.2, -0.15) is 0 Å². The van der Waals surface area contributed by atoms with Crippen molar-refractivity contribution in [3.63, 3.8) is 0 Å².